The zero-order valence-corrected chi connectivity index (χ0v) is 18.3. The Bertz CT molecular complexity index is 768. The highest BCUT2D eigenvalue weighted by Crippen LogP contribution is 2.35. The lowest BCUT2D eigenvalue weighted by Gasteiger charge is -2.26. The number of unbranched alkanes of at least 4 members (excludes halogenated alkanes) is 3. The van der Waals surface area contributed by atoms with E-state index >= 15 is 0 Å². The summed E-state index contributed by atoms with van der Waals surface area (Å²) in [6, 6.07) is 17.6. The molecule has 0 saturated heterocycles. The second-order valence-corrected chi connectivity index (χ2v) is 8.33. The Morgan fingerprint density at radius 3 is 2.21 bits per heavy atom. The molecule has 0 aromatic heterocycles. The van der Waals surface area contributed by atoms with E-state index in [2.05, 4.69) is 55.2 Å². The normalized spacial score (nSPS) is 18.7. The van der Waals surface area contributed by atoms with Crippen LogP contribution in [0, 0.1) is 17.8 Å². The minimum absolute atomic E-state index is 0.538. The molecule has 2 aromatic rings. The summed E-state index contributed by atoms with van der Waals surface area (Å²) >= 11 is 0. The molecule has 1 heteroatoms. The molecule has 29 heavy (non-hydrogen) atoms. The molecular weight excluding hydrogens is 352 g/mol. The second kappa shape index (κ2) is 11.7. The third-order valence-electron chi connectivity index (χ3n) is 6.08. The molecule has 154 valence electrons. The molecule has 1 nitrogen and oxygen atoms in total. The van der Waals surface area contributed by atoms with Crippen molar-refractivity contribution in [2.45, 2.75) is 77.6 Å². The lowest BCUT2D eigenvalue weighted by molar-refractivity contribution is 0.340. The molecule has 0 heterocycles. The third-order valence-corrected chi connectivity index (χ3v) is 6.08. The molecule has 1 saturated carbocycles. The maximum Gasteiger partial charge on any atom is 0.119 e. The Kier molecular flexibility index (Phi) is 8.69. The van der Waals surface area contributed by atoms with E-state index in [0.29, 0.717) is 18.4 Å². The molecule has 0 N–H and O–H groups in total. The van der Waals surface area contributed by atoms with Crippen LogP contribution in [0.15, 0.2) is 48.5 Å². The van der Waals surface area contributed by atoms with Gasteiger partial charge in [0.05, 0.1) is 6.61 Å². The number of hydrogen-bond donors (Lipinski definition) is 0. The van der Waals surface area contributed by atoms with E-state index in [1.54, 1.807) is 0 Å². The molecule has 1 aliphatic rings. The monoisotopic (exact) mass is 388 g/mol. The minimum atomic E-state index is 0.538. The van der Waals surface area contributed by atoms with Crippen LogP contribution in [0.5, 0.6) is 5.75 Å². The van der Waals surface area contributed by atoms with Crippen molar-refractivity contribution in [3.05, 3.63) is 65.2 Å². The Morgan fingerprint density at radius 2 is 1.55 bits per heavy atom. The number of hydrogen-bond acceptors (Lipinski definition) is 1. The highest BCUT2D eigenvalue weighted by atomic mass is 16.5. The Balaban J connectivity index is 1.45. The smallest absolute Gasteiger partial charge is 0.119 e. The Morgan fingerprint density at radius 1 is 0.828 bits per heavy atom. The first-order valence-corrected chi connectivity index (χ1v) is 11.6. The van der Waals surface area contributed by atoms with E-state index in [1.165, 1.54) is 68.9 Å². The van der Waals surface area contributed by atoms with Gasteiger partial charge in [-0.3, -0.25) is 0 Å². The molecule has 0 radical (unpaired) electrons. The predicted molar refractivity (Wildman–Crippen MR) is 123 cm³/mol. The maximum absolute atomic E-state index is 5.50. The summed E-state index contributed by atoms with van der Waals surface area (Å²) in [4.78, 5) is 0. The average Bonchev–Trinajstić information content (AvgIpc) is 2.77. The summed E-state index contributed by atoms with van der Waals surface area (Å²) in [6.45, 7) is 4.98. The van der Waals surface area contributed by atoms with Crippen molar-refractivity contribution in [1.82, 2.24) is 0 Å². The van der Waals surface area contributed by atoms with Crippen LogP contribution >= 0.6 is 0 Å². The van der Waals surface area contributed by atoms with Crippen molar-refractivity contribution >= 4 is 0 Å². The quantitative estimate of drug-likeness (QED) is 0.335. The first-order chi connectivity index (χ1) is 14.3. The van der Waals surface area contributed by atoms with E-state index in [1.807, 2.05) is 19.1 Å². The van der Waals surface area contributed by atoms with Gasteiger partial charge < -0.3 is 4.74 Å². The first-order valence-electron chi connectivity index (χ1n) is 11.6. The summed E-state index contributed by atoms with van der Waals surface area (Å²) < 4.78 is 5.50. The van der Waals surface area contributed by atoms with Crippen LogP contribution in [0.4, 0.5) is 0 Å². The molecule has 0 atom stereocenters. The van der Waals surface area contributed by atoms with Crippen LogP contribution in [-0.2, 0) is 6.42 Å². The van der Waals surface area contributed by atoms with Gasteiger partial charge in [-0.1, -0.05) is 62.3 Å². The SMILES string of the molecule is CCCCCCc1ccc([C@H]2CC[C@H](C#Cc3ccc(OCC)cc3)CC2)cc1. The standard InChI is InChI=1S/C28H36O/c1-3-5-6-7-8-23-11-17-26(18-12-23)27-19-13-24(14-20-27)9-10-25-15-21-28(22-16-25)29-4-2/h11-12,15-18,21-22,24,27H,3-8,13-14,19-20H2,1-2H3/t24-,27-. The summed E-state index contributed by atoms with van der Waals surface area (Å²) in [5.41, 5.74) is 4.12. The minimum Gasteiger partial charge on any atom is -0.494 e. The van der Waals surface area contributed by atoms with Gasteiger partial charge >= 0.3 is 0 Å². The van der Waals surface area contributed by atoms with Gasteiger partial charge in [-0.25, -0.2) is 0 Å². The lowest BCUT2D eigenvalue weighted by Crippen LogP contribution is -2.12. The van der Waals surface area contributed by atoms with Crippen LogP contribution < -0.4 is 4.74 Å². The van der Waals surface area contributed by atoms with Crippen LogP contribution in [-0.4, -0.2) is 6.61 Å². The van der Waals surface area contributed by atoms with Gasteiger partial charge in [0.25, 0.3) is 0 Å². The fourth-order valence-electron chi connectivity index (χ4n) is 4.27. The van der Waals surface area contributed by atoms with Crippen LogP contribution in [0.25, 0.3) is 0 Å². The molecule has 0 spiro atoms. The molecule has 0 aliphatic heterocycles. The van der Waals surface area contributed by atoms with Gasteiger partial charge in [-0.05, 0) is 86.8 Å². The molecule has 0 unspecified atom stereocenters. The van der Waals surface area contributed by atoms with Crippen molar-refractivity contribution < 1.29 is 4.74 Å². The summed E-state index contributed by atoms with van der Waals surface area (Å²) in [7, 11) is 0. The molecule has 3 rings (SSSR count). The third kappa shape index (κ3) is 6.97. The fraction of sp³-hybridized carbons (Fsp3) is 0.500. The number of aryl methyl sites for hydroxylation is 1. The molecule has 0 bridgehead atoms. The highest BCUT2D eigenvalue weighted by Gasteiger charge is 2.21. The highest BCUT2D eigenvalue weighted by molar-refractivity contribution is 5.38. The van der Waals surface area contributed by atoms with Gasteiger partial charge in [-0.2, -0.15) is 0 Å². The van der Waals surface area contributed by atoms with Gasteiger partial charge in [0.1, 0.15) is 5.75 Å². The summed E-state index contributed by atoms with van der Waals surface area (Å²) in [6.07, 6.45) is 11.5. The van der Waals surface area contributed by atoms with Gasteiger partial charge in [0, 0.05) is 11.5 Å². The molecule has 1 aliphatic carbocycles. The van der Waals surface area contributed by atoms with Gasteiger partial charge in [0.15, 0.2) is 0 Å². The largest absolute Gasteiger partial charge is 0.494 e. The Hall–Kier alpha value is -2.20. The maximum atomic E-state index is 5.50. The van der Waals surface area contributed by atoms with Crippen LogP contribution in [0.2, 0.25) is 0 Å². The summed E-state index contributed by atoms with van der Waals surface area (Å²) in [5, 5.41) is 0. The molecule has 1 fully saturated rings. The van der Waals surface area contributed by atoms with Crippen LogP contribution in [0.1, 0.15) is 87.8 Å². The molecule has 2 aromatic carbocycles. The first kappa shape index (κ1) is 21.5. The molecule has 0 amide bonds. The van der Waals surface area contributed by atoms with Gasteiger partial charge in [0.2, 0.25) is 0 Å². The molecular formula is C28H36O. The zero-order chi connectivity index (χ0) is 20.3. The lowest BCUT2D eigenvalue weighted by atomic mass is 9.78. The second-order valence-electron chi connectivity index (χ2n) is 8.33. The van der Waals surface area contributed by atoms with Gasteiger partial charge in [-0.15, -0.1) is 0 Å². The topological polar surface area (TPSA) is 9.23 Å². The zero-order valence-electron chi connectivity index (χ0n) is 18.3. The van der Waals surface area contributed by atoms with Crippen LogP contribution in [0.3, 0.4) is 0 Å². The van der Waals surface area contributed by atoms with Crippen molar-refractivity contribution in [3.8, 4) is 17.6 Å². The van der Waals surface area contributed by atoms with Crippen molar-refractivity contribution in [2.75, 3.05) is 6.61 Å². The van der Waals surface area contributed by atoms with E-state index in [9.17, 15) is 0 Å². The van der Waals surface area contributed by atoms with E-state index < -0.39 is 0 Å². The predicted octanol–water partition coefficient (Wildman–Crippen LogP) is 7.53. The average molecular weight is 389 g/mol. The van der Waals surface area contributed by atoms with Crippen molar-refractivity contribution in [2.24, 2.45) is 5.92 Å². The summed E-state index contributed by atoms with van der Waals surface area (Å²) in [5.74, 6) is 9.06. The number of benzene rings is 2. The van der Waals surface area contributed by atoms with E-state index in [-0.39, 0.29) is 0 Å². The fourth-order valence-corrected chi connectivity index (χ4v) is 4.27. The number of rotatable bonds is 8. The van der Waals surface area contributed by atoms with E-state index in [4.69, 9.17) is 4.74 Å². The van der Waals surface area contributed by atoms with Crippen molar-refractivity contribution in [1.29, 1.82) is 0 Å². The number of ether oxygens (including phenoxy) is 1. The van der Waals surface area contributed by atoms with Crippen molar-refractivity contribution in [3.63, 3.8) is 0 Å². The van der Waals surface area contributed by atoms with E-state index in [0.717, 1.165) is 11.3 Å². The Labute approximate surface area is 177 Å².